The summed E-state index contributed by atoms with van der Waals surface area (Å²) in [5.74, 6) is 1.05. The lowest BCUT2D eigenvalue weighted by Crippen LogP contribution is -2.23. The maximum atomic E-state index is 6.84. The molecule has 7 nitrogen and oxygen atoms in total. The van der Waals surface area contributed by atoms with Crippen LogP contribution >= 0.6 is 11.6 Å². The Hall–Kier alpha value is -3.55. The normalized spacial score (nSPS) is 18.3. The highest BCUT2D eigenvalue weighted by molar-refractivity contribution is 6.34. The Morgan fingerprint density at radius 3 is 2.57 bits per heavy atom. The van der Waals surface area contributed by atoms with E-state index in [0.717, 1.165) is 76.7 Å². The van der Waals surface area contributed by atoms with E-state index in [1.165, 1.54) is 6.33 Å². The van der Waals surface area contributed by atoms with Crippen molar-refractivity contribution in [3.8, 4) is 22.5 Å². The van der Waals surface area contributed by atoms with E-state index in [4.69, 9.17) is 28.1 Å². The average molecular weight is 484 g/mol. The van der Waals surface area contributed by atoms with Crippen molar-refractivity contribution in [3.05, 3.63) is 66.2 Å². The zero-order valence-corrected chi connectivity index (χ0v) is 20.0. The molecule has 176 valence electrons. The predicted molar refractivity (Wildman–Crippen MR) is 141 cm³/mol. The Kier molecular flexibility index (Phi) is 5.59. The maximum absolute atomic E-state index is 6.84. The summed E-state index contributed by atoms with van der Waals surface area (Å²) in [4.78, 5) is 18.2. The number of hydrogen-bond donors (Lipinski definition) is 2. The molecule has 5 aromatic rings. The monoisotopic (exact) mass is 483 g/mol. The third-order valence-corrected chi connectivity index (χ3v) is 7.49. The van der Waals surface area contributed by atoms with Crippen LogP contribution in [-0.4, -0.2) is 31.0 Å². The molecule has 35 heavy (non-hydrogen) atoms. The topological polar surface area (TPSA) is 109 Å². The largest absolute Gasteiger partial charge is 0.383 e. The van der Waals surface area contributed by atoms with Crippen LogP contribution in [0.2, 0.25) is 5.02 Å². The summed E-state index contributed by atoms with van der Waals surface area (Å²) < 4.78 is 2.26. The minimum Gasteiger partial charge on any atom is -0.383 e. The summed E-state index contributed by atoms with van der Waals surface area (Å²) in [6.07, 6.45) is 9.81. The van der Waals surface area contributed by atoms with Gasteiger partial charge in [-0.25, -0.2) is 15.0 Å². The second-order valence-corrected chi connectivity index (χ2v) is 9.66. The summed E-state index contributed by atoms with van der Waals surface area (Å²) in [5, 5.41) is 2.43. The average Bonchev–Trinajstić information content (AvgIpc) is 3.29. The number of aromatic nitrogens is 5. The van der Waals surface area contributed by atoms with Gasteiger partial charge in [-0.05, 0) is 68.5 Å². The van der Waals surface area contributed by atoms with E-state index in [-0.39, 0.29) is 0 Å². The van der Waals surface area contributed by atoms with Crippen LogP contribution in [0.3, 0.4) is 0 Å². The number of nitrogens with two attached hydrogens (primary N) is 2. The highest BCUT2D eigenvalue weighted by atomic mass is 35.5. The van der Waals surface area contributed by atoms with Gasteiger partial charge >= 0.3 is 0 Å². The van der Waals surface area contributed by atoms with Crippen LogP contribution in [-0.2, 0) is 0 Å². The molecule has 0 atom stereocenters. The fraction of sp³-hybridized carbons (Fsp3) is 0.259. The number of rotatable bonds is 4. The summed E-state index contributed by atoms with van der Waals surface area (Å²) in [6.45, 7) is 0.750. The van der Waals surface area contributed by atoms with Gasteiger partial charge in [0.25, 0.3) is 0 Å². The Morgan fingerprint density at radius 2 is 1.80 bits per heavy atom. The minimum absolute atomic E-state index is 0.344. The highest BCUT2D eigenvalue weighted by Gasteiger charge is 2.26. The lowest BCUT2D eigenvalue weighted by atomic mass is 9.86. The van der Waals surface area contributed by atoms with Gasteiger partial charge in [-0.2, -0.15) is 0 Å². The number of pyridine rings is 2. The van der Waals surface area contributed by atoms with E-state index in [1.807, 2.05) is 42.5 Å². The fourth-order valence-corrected chi connectivity index (χ4v) is 5.53. The molecule has 0 aliphatic heterocycles. The summed E-state index contributed by atoms with van der Waals surface area (Å²) >= 11 is 6.84. The Morgan fingerprint density at radius 1 is 0.943 bits per heavy atom. The summed E-state index contributed by atoms with van der Waals surface area (Å²) in [6, 6.07) is 14.1. The zero-order valence-electron chi connectivity index (χ0n) is 19.2. The van der Waals surface area contributed by atoms with Gasteiger partial charge in [-0.1, -0.05) is 23.7 Å². The molecule has 0 spiro atoms. The van der Waals surface area contributed by atoms with Crippen molar-refractivity contribution in [1.29, 1.82) is 0 Å². The first-order valence-electron chi connectivity index (χ1n) is 12.0. The van der Waals surface area contributed by atoms with Crippen molar-refractivity contribution in [2.45, 2.75) is 31.7 Å². The van der Waals surface area contributed by atoms with Gasteiger partial charge in [0.15, 0.2) is 0 Å². The molecule has 0 amide bonds. The quantitative estimate of drug-likeness (QED) is 0.342. The Bertz CT molecular complexity index is 1520. The van der Waals surface area contributed by atoms with Crippen molar-refractivity contribution in [2.24, 2.45) is 11.7 Å². The Labute approximate surface area is 208 Å². The molecule has 8 heteroatoms. The highest BCUT2D eigenvalue weighted by Crippen LogP contribution is 2.42. The molecule has 1 aliphatic rings. The third-order valence-electron chi connectivity index (χ3n) is 7.18. The summed E-state index contributed by atoms with van der Waals surface area (Å²) in [5.41, 5.74) is 17.4. The molecule has 1 fully saturated rings. The standard InChI is InChI=1S/C27H26ClN7/c28-21-11-17-6-9-23(22-3-1-2-10-31-22)34-24(17)12-19(21)20-14-35(18-7-4-16(13-29)5-8-18)27-25(20)26(30)32-15-33-27/h1-3,6,9-12,14-16,18H,4-5,7-8,13,29H2,(H2,30,32,33). The molecule has 0 unspecified atom stereocenters. The molecule has 1 saturated carbocycles. The molecular formula is C27H26ClN7. The second-order valence-electron chi connectivity index (χ2n) is 9.25. The van der Waals surface area contributed by atoms with E-state index in [0.29, 0.717) is 22.8 Å². The molecule has 0 saturated heterocycles. The summed E-state index contributed by atoms with van der Waals surface area (Å²) in [7, 11) is 0. The zero-order chi connectivity index (χ0) is 23.9. The molecule has 4 aromatic heterocycles. The van der Waals surface area contributed by atoms with Crippen LogP contribution in [0.25, 0.3) is 44.5 Å². The number of hydrogen-bond acceptors (Lipinski definition) is 6. The van der Waals surface area contributed by atoms with Crippen molar-refractivity contribution < 1.29 is 0 Å². The number of benzene rings is 1. The third kappa shape index (κ3) is 3.90. The number of fused-ring (bicyclic) bond motifs is 2. The maximum Gasteiger partial charge on any atom is 0.146 e. The molecule has 4 N–H and O–H groups in total. The molecule has 1 aliphatic carbocycles. The van der Waals surface area contributed by atoms with Gasteiger partial charge < -0.3 is 16.0 Å². The molecule has 4 heterocycles. The van der Waals surface area contributed by atoms with E-state index < -0.39 is 0 Å². The molecular weight excluding hydrogens is 458 g/mol. The smallest absolute Gasteiger partial charge is 0.146 e. The number of anilines is 1. The molecule has 0 radical (unpaired) electrons. The van der Waals surface area contributed by atoms with Gasteiger partial charge in [-0.3, -0.25) is 4.98 Å². The van der Waals surface area contributed by atoms with Gasteiger partial charge in [0.05, 0.1) is 22.3 Å². The number of nitrogen functional groups attached to an aromatic ring is 1. The Balaban J connectivity index is 1.50. The van der Waals surface area contributed by atoms with E-state index in [9.17, 15) is 0 Å². The molecule has 0 bridgehead atoms. The van der Waals surface area contributed by atoms with Crippen LogP contribution in [0.5, 0.6) is 0 Å². The van der Waals surface area contributed by atoms with E-state index >= 15 is 0 Å². The van der Waals surface area contributed by atoms with Crippen molar-refractivity contribution in [3.63, 3.8) is 0 Å². The van der Waals surface area contributed by atoms with E-state index in [2.05, 4.69) is 25.7 Å². The van der Waals surface area contributed by atoms with Crippen LogP contribution in [0.15, 0.2) is 61.2 Å². The van der Waals surface area contributed by atoms with Crippen LogP contribution < -0.4 is 11.5 Å². The van der Waals surface area contributed by atoms with E-state index in [1.54, 1.807) is 6.20 Å². The lowest BCUT2D eigenvalue weighted by Gasteiger charge is -2.29. The van der Waals surface area contributed by atoms with Crippen molar-refractivity contribution >= 4 is 39.4 Å². The van der Waals surface area contributed by atoms with Gasteiger partial charge in [0, 0.05) is 40.0 Å². The lowest BCUT2D eigenvalue weighted by molar-refractivity contribution is 0.283. The van der Waals surface area contributed by atoms with Crippen LogP contribution in [0.4, 0.5) is 5.82 Å². The van der Waals surface area contributed by atoms with Crippen molar-refractivity contribution in [1.82, 2.24) is 24.5 Å². The first-order chi connectivity index (χ1) is 17.1. The minimum atomic E-state index is 0.344. The first kappa shape index (κ1) is 21.9. The van der Waals surface area contributed by atoms with Gasteiger partial charge in [0.2, 0.25) is 0 Å². The second kappa shape index (κ2) is 8.91. The molecule has 1 aromatic carbocycles. The first-order valence-corrected chi connectivity index (χ1v) is 12.3. The predicted octanol–water partition coefficient (Wildman–Crippen LogP) is 5.63. The van der Waals surface area contributed by atoms with Gasteiger partial charge in [-0.15, -0.1) is 0 Å². The van der Waals surface area contributed by atoms with Crippen LogP contribution in [0.1, 0.15) is 31.7 Å². The number of halogens is 1. The van der Waals surface area contributed by atoms with Crippen molar-refractivity contribution in [2.75, 3.05) is 12.3 Å². The number of nitrogens with zero attached hydrogens (tertiary/aromatic N) is 5. The SMILES string of the molecule is NCC1CCC(n2cc(-c3cc4nc(-c5ccccn5)ccc4cc3Cl)c3c(N)ncnc32)CC1. The van der Waals surface area contributed by atoms with Gasteiger partial charge in [0.1, 0.15) is 17.8 Å². The fourth-order valence-electron chi connectivity index (χ4n) is 5.26. The molecule has 6 rings (SSSR count). The van der Waals surface area contributed by atoms with Crippen LogP contribution in [0, 0.1) is 5.92 Å².